The van der Waals surface area contributed by atoms with Crippen LogP contribution >= 0.6 is 0 Å². The number of nitrogens with one attached hydrogen (secondary N) is 13. The molecule has 11 amide bonds. The fourth-order valence-corrected chi connectivity index (χ4v) is 9.99. The first-order valence-electron chi connectivity index (χ1n) is 34.3. The maximum absolute atomic E-state index is 14.4. The monoisotopic (exact) mass is 1370 g/mol. The number of rotatable bonds is 38. The minimum Gasteiger partial charge on any atom is -0.395 e. The van der Waals surface area contributed by atoms with E-state index < -0.39 is 151 Å². The summed E-state index contributed by atoms with van der Waals surface area (Å²) >= 11 is 0. The van der Waals surface area contributed by atoms with E-state index in [1.165, 1.54) is 13.8 Å². The molecular weight excluding hydrogens is 1250 g/mol. The van der Waals surface area contributed by atoms with Crippen LogP contribution < -0.4 is 97.8 Å². The molecule has 0 aromatic carbocycles. The van der Waals surface area contributed by atoms with E-state index in [4.69, 9.17) is 38.9 Å². The van der Waals surface area contributed by atoms with Crippen molar-refractivity contribution in [3.63, 3.8) is 0 Å². The summed E-state index contributed by atoms with van der Waals surface area (Å²) in [5, 5.41) is 73.8. The molecule has 0 bridgehead atoms. The first kappa shape index (κ1) is 89.7. The maximum atomic E-state index is 14.4. The van der Waals surface area contributed by atoms with Gasteiger partial charge in [0, 0.05) is 38.1 Å². The molecule has 33 nitrogen and oxygen atoms in total. The summed E-state index contributed by atoms with van der Waals surface area (Å²) in [6.07, 6.45) is 1.12. The summed E-state index contributed by atoms with van der Waals surface area (Å²) in [6, 6.07) is -14.1. The standard InChI is InChI=1S/C53H100N16O13.C10H24N2O2/c1-9-30(6)12-10-11-13-41(72)60-33(14-20-54)48(77)69-43(32(8)71)53(82)65-36(17-23-57)45(74)64-38-19-25-59-52(81)42(31(7)70)68-49(78)37(18-24-58)62-44(73)34(15-21-55)63-50(79)39(26-28(2)3)67-51(80)40(27-29(4)5)66-46(75)35(16-22-56)61-47(38)76;1-3-9(7-13)11-5-6-12-10(4-2)8-14/h28-40,42-43,70-71H,9-27,54-58H2,1-8H3,(H,59,81)(H,60,72)(H,61,76)(H,62,73)(H,63,79)(H,64,74)(H,65,82)(H,66,75)(H,67,80)(H,68,78)(H,69,77);9-14H,3-8H2,1-2H3/t30?,31-,32-,33+,34+,35+,36+,37+,38+,39+,40-,42+,43+;9-,10-/m10/s1. The Morgan fingerprint density at radius 2 is 0.927 bits per heavy atom. The highest BCUT2D eigenvalue weighted by Gasteiger charge is 2.38. The zero-order valence-electron chi connectivity index (χ0n) is 58.7. The Balaban J connectivity index is 0.00000571. The normalized spacial score (nSPS) is 22.3. The van der Waals surface area contributed by atoms with Crippen molar-refractivity contribution >= 4 is 65.0 Å². The average molecular weight is 1370 g/mol. The van der Waals surface area contributed by atoms with E-state index in [-0.39, 0.29) is 121 Å². The molecule has 0 aromatic heterocycles. The number of aliphatic hydroxyl groups is 4. The molecule has 1 rings (SSSR count). The van der Waals surface area contributed by atoms with Crippen molar-refractivity contribution in [1.82, 2.24) is 69.1 Å². The molecule has 1 unspecified atom stereocenters. The van der Waals surface area contributed by atoms with Crippen LogP contribution in [0, 0.1) is 17.8 Å². The molecule has 1 heterocycles. The molecule has 33 heteroatoms. The molecule has 0 spiro atoms. The lowest BCUT2D eigenvalue weighted by atomic mass is 9.99. The Morgan fingerprint density at radius 3 is 1.32 bits per heavy atom. The quantitative estimate of drug-likeness (QED) is 0.0256. The van der Waals surface area contributed by atoms with E-state index in [1.54, 1.807) is 27.7 Å². The van der Waals surface area contributed by atoms with Gasteiger partial charge in [0.15, 0.2) is 0 Å². The number of nitrogens with two attached hydrogens (primary N) is 5. The van der Waals surface area contributed by atoms with Gasteiger partial charge in [0.2, 0.25) is 65.0 Å². The predicted octanol–water partition coefficient (Wildman–Crippen LogP) is -5.73. The Labute approximate surface area is 567 Å². The Kier molecular flexibility index (Phi) is 47.7. The molecule has 0 saturated carbocycles. The van der Waals surface area contributed by atoms with E-state index in [1.807, 2.05) is 13.8 Å². The summed E-state index contributed by atoms with van der Waals surface area (Å²) in [5.74, 6) is -9.49. The van der Waals surface area contributed by atoms with Crippen LogP contribution in [0.1, 0.15) is 166 Å². The van der Waals surface area contributed by atoms with Crippen LogP contribution in [0.5, 0.6) is 0 Å². The lowest BCUT2D eigenvalue weighted by Gasteiger charge is -2.29. The predicted molar refractivity (Wildman–Crippen MR) is 364 cm³/mol. The van der Waals surface area contributed by atoms with E-state index in [9.17, 15) is 63.0 Å². The van der Waals surface area contributed by atoms with Crippen molar-refractivity contribution in [2.24, 2.45) is 46.4 Å². The minimum absolute atomic E-state index is 0.0131. The van der Waals surface area contributed by atoms with Crippen LogP contribution in [0.25, 0.3) is 0 Å². The molecule has 15 atom stereocenters. The number of amides is 11. The van der Waals surface area contributed by atoms with Gasteiger partial charge in [0.25, 0.3) is 0 Å². The highest BCUT2D eigenvalue weighted by Crippen LogP contribution is 2.14. The van der Waals surface area contributed by atoms with Gasteiger partial charge in [0.05, 0.1) is 25.4 Å². The highest BCUT2D eigenvalue weighted by molar-refractivity contribution is 5.99. The molecule has 0 aromatic rings. The number of aliphatic hydroxyl groups excluding tert-OH is 4. The highest BCUT2D eigenvalue weighted by atomic mass is 16.3. The van der Waals surface area contributed by atoms with Crippen LogP contribution in [-0.2, 0) is 52.7 Å². The van der Waals surface area contributed by atoms with Crippen LogP contribution in [-0.4, -0.2) is 236 Å². The van der Waals surface area contributed by atoms with Gasteiger partial charge in [-0.25, -0.2) is 0 Å². The lowest BCUT2D eigenvalue weighted by molar-refractivity contribution is -0.137. The van der Waals surface area contributed by atoms with Crippen molar-refractivity contribution in [2.75, 3.05) is 65.6 Å². The Bertz CT molecular complexity index is 2300. The van der Waals surface area contributed by atoms with Crippen molar-refractivity contribution in [3.05, 3.63) is 0 Å². The summed E-state index contributed by atoms with van der Waals surface area (Å²) in [6.45, 7) is 18.8. The summed E-state index contributed by atoms with van der Waals surface area (Å²) in [5.41, 5.74) is 29.2. The Morgan fingerprint density at radius 1 is 0.500 bits per heavy atom. The molecule has 556 valence electrons. The molecule has 27 N–H and O–H groups in total. The van der Waals surface area contributed by atoms with Crippen LogP contribution in [0.2, 0.25) is 0 Å². The second kappa shape index (κ2) is 51.0. The molecule has 1 aliphatic heterocycles. The molecule has 1 saturated heterocycles. The van der Waals surface area contributed by atoms with E-state index in [2.05, 4.69) is 83.0 Å². The molecule has 0 aliphatic carbocycles. The third kappa shape index (κ3) is 36.4. The molecule has 0 radical (unpaired) electrons. The number of unbranched alkanes of at least 4 members (excludes halogenated alkanes) is 1. The van der Waals surface area contributed by atoms with Gasteiger partial charge in [-0.3, -0.25) is 52.7 Å². The van der Waals surface area contributed by atoms with Crippen molar-refractivity contribution < 1.29 is 73.2 Å². The fourth-order valence-electron chi connectivity index (χ4n) is 9.99. The van der Waals surface area contributed by atoms with Gasteiger partial charge in [-0.15, -0.1) is 0 Å². The van der Waals surface area contributed by atoms with Crippen LogP contribution in [0.3, 0.4) is 0 Å². The zero-order valence-corrected chi connectivity index (χ0v) is 58.7. The Hall–Kier alpha value is -6.27. The molecular formula is C63H124N18O15. The molecule has 1 aliphatic rings. The second-order valence-electron chi connectivity index (χ2n) is 25.5. The van der Waals surface area contributed by atoms with Gasteiger partial charge in [-0.05, 0) is 135 Å². The zero-order chi connectivity index (χ0) is 73.0. The third-order valence-electron chi connectivity index (χ3n) is 16.1. The van der Waals surface area contributed by atoms with E-state index in [0.29, 0.717) is 12.3 Å². The SMILES string of the molecule is CCC(C)CCCCC(=O)N[C@@H](CCN)C(=O)N[C@H](C(=O)N[C@@H](CCN)C(=O)N[C@H]1CCNC(=O)[C@H]([C@@H](C)O)NC(=O)[C@H](CCN)NC(=O)[C@H](CCN)NC(=O)[C@H](CC(C)C)NC(=O)[C@@H](CC(C)C)NC(=O)[C@H](CCN)NC1=O)[C@@H](C)O.CC[C@@H](CO)NCCN[C@@H](CC)CO. The van der Waals surface area contributed by atoms with Gasteiger partial charge < -0.3 is 118 Å². The number of hydrogen-bond acceptors (Lipinski definition) is 22. The summed E-state index contributed by atoms with van der Waals surface area (Å²) in [4.78, 5) is 153. The topological polar surface area (TPSA) is 555 Å². The minimum atomic E-state index is -1.69. The smallest absolute Gasteiger partial charge is 0.245 e. The van der Waals surface area contributed by atoms with E-state index >= 15 is 0 Å². The van der Waals surface area contributed by atoms with Crippen molar-refractivity contribution in [3.8, 4) is 0 Å². The fraction of sp³-hybridized carbons (Fsp3) is 0.825. The number of hydrogen-bond donors (Lipinski definition) is 22. The summed E-state index contributed by atoms with van der Waals surface area (Å²) in [7, 11) is 0. The van der Waals surface area contributed by atoms with Gasteiger partial charge >= 0.3 is 0 Å². The largest absolute Gasteiger partial charge is 0.395 e. The van der Waals surface area contributed by atoms with Gasteiger partial charge in [-0.2, -0.15) is 0 Å². The second-order valence-corrected chi connectivity index (χ2v) is 25.5. The van der Waals surface area contributed by atoms with Gasteiger partial charge in [0.1, 0.15) is 60.4 Å². The maximum Gasteiger partial charge on any atom is 0.245 e. The van der Waals surface area contributed by atoms with Gasteiger partial charge in [-0.1, -0.05) is 74.7 Å². The van der Waals surface area contributed by atoms with Crippen molar-refractivity contribution in [2.45, 2.75) is 250 Å². The molecule has 1 fully saturated rings. The van der Waals surface area contributed by atoms with Crippen LogP contribution in [0.15, 0.2) is 0 Å². The lowest BCUT2D eigenvalue weighted by Crippen LogP contribution is -2.62. The van der Waals surface area contributed by atoms with E-state index in [0.717, 1.165) is 45.2 Å². The number of carbonyl (C=O) groups is 11. The third-order valence-corrected chi connectivity index (χ3v) is 16.1. The first-order valence-corrected chi connectivity index (χ1v) is 34.3. The van der Waals surface area contributed by atoms with Crippen LogP contribution in [0.4, 0.5) is 0 Å². The summed E-state index contributed by atoms with van der Waals surface area (Å²) < 4.78 is 0. The number of carbonyl (C=O) groups excluding carboxylic acids is 11. The molecule has 96 heavy (non-hydrogen) atoms. The first-order chi connectivity index (χ1) is 45.4. The van der Waals surface area contributed by atoms with Crippen molar-refractivity contribution in [1.29, 1.82) is 0 Å². The average Bonchev–Trinajstić information content (AvgIpc) is 0.950.